The van der Waals surface area contributed by atoms with Crippen LogP contribution in [0.5, 0.6) is 0 Å². The van der Waals surface area contributed by atoms with Gasteiger partial charge < -0.3 is 5.73 Å². The van der Waals surface area contributed by atoms with Crippen molar-refractivity contribution < 1.29 is 4.79 Å². The Hall–Kier alpha value is -2.33. The van der Waals surface area contributed by atoms with Crippen molar-refractivity contribution in [1.82, 2.24) is 0 Å². The first-order valence-electron chi connectivity index (χ1n) is 3.43. The number of carbonyl (C=O) groups excluding carboxylic acids is 1. The van der Waals surface area contributed by atoms with E-state index in [4.69, 9.17) is 16.3 Å². The number of nitrogens with two attached hydrogens (primary N) is 1. The number of amides is 1. The van der Waals surface area contributed by atoms with Crippen molar-refractivity contribution >= 4 is 5.91 Å². The number of nitriles is 2. The molecule has 13 heavy (non-hydrogen) atoms. The number of benzene rings is 1. The summed E-state index contributed by atoms with van der Waals surface area (Å²) in [5.74, 6) is -0.610. The first kappa shape index (κ1) is 8.76. The van der Waals surface area contributed by atoms with Crippen LogP contribution in [-0.4, -0.2) is 5.91 Å². The monoisotopic (exact) mass is 171 g/mol. The van der Waals surface area contributed by atoms with E-state index in [0.717, 1.165) is 0 Å². The molecule has 4 heteroatoms. The van der Waals surface area contributed by atoms with Gasteiger partial charge in [0.05, 0.1) is 11.1 Å². The van der Waals surface area contributed by atoms with Crippen LogP contribution >= 0.6 is 0 Å². The van der Waals surface area contributed by atoms with Gasteiger partial charge in [-0.2, -0.15) is 10.5 Å². The summed E-state index contributed by atoms with van der Waals surface area (Å²) in [6.07, 6.45) is 0. The zero-order valence-electron chi connectivity index (χ0n) is 6.61. The second-order valence-electron chi connectivity index (χ2n) is 2.35. The summed E-state index contributed by atoms with van der Waals surface area (Å²) in [6, 6.07) is 7.78. The van der Waals surface area contributed by atoms with Gasteiger partial charge in [-0.1, -0.05) is 0 Å². The first-order chi connectivity index (χ1) is 6.19. The quantitative estimate of drug-likeness (QED) is 0.668. The molecule has 0 aromatic heterocycles. The lowest BCUT2D eigenvalue weighted by atomic mass is 10.1. The van der Waals surface area contributed by atoms with E-state index in [1.54, 1.807) is 0 Å². The van der Waals surface area contributed by atoms with Crippen molar-refractivity contribution in [2.24, 2.45) is 5.73 Å². The molecule has 1 rings (SSSR count). The van der Waals surface area contributed by atoms with Gasteiger partial charge in [-0.15, -0.1) is 0 Å². The molecule has 62 valence electrons. The van der Waals surface area contributed by atoms with Gasteiger partial charge in [0.1, 0.15) is 12.1 Å². The molecule has 1 aromatic carbocycles. The van der Waals surface area contributed by atoms with Crippen LogP contribution < -0.4 is 5.73 Å². The Labute approximate surface area is 74.8 Å². The number of nitrogens with zero attached hydrogens (tertiary/aromatic N) is 2. The Morgan fingerprint density at radius 1 is 1.23 bits per heavy atom. The van der Waals surface area contributed by atoms with Gasteiger partial charge in [0.2, 0.25) is 5.91 Å². The molecule has 0 spiro atoms. The second-order valence-corrected chi connectivity index (χ2v) is 2.35. The average Bonchev–Trinajstić information content (AvgIpc) is 2.16. The van der Waals surface area contributed by atoms with Crippen LogP contribution in [0.3, 0.4) is 0 Å². The summed E-state index contributed by atoms with van der Waals surface area (Å²) in [7, 11) is 0. The molecule has 0 saturated carbocycles. The Balaban J connectivity index is 3.33. The van der Waals surface area contributed by atoms with Crippen LogP contribution in [0.15, 0.2) is 18.2 Å². The van der Waals surface area contributed by atoms with Crippen LogP contribution in [0.25, 0.3) is 0 Å². The highest BCUT2D eigenvalue weighted by molar-refractivity contribution is 5.93. The van der Waals surface area contributed by atoms with Crippen molar-refractivity contribution in [3.8, 4) is 12.1 Å². The topological polar surface area (TPSA) is 90.7 Å². The zero-order valence-corrected chi connectivity index (χ0v) is 6.61. The van der Waals surface area contributed by atoms with Crippen LogP contribution in [0.1, 0.15) is 21.5 Å². The highest BCUT2D eigenvalue weighted by Gasteiger charge is 2.05. The van der Waals surface area contributed by atoms with Crippen molar-refractivity contribution in [2.75, 3.05) is 0 Å². The minimum atomic E-state index is -0.610. The maximum absolute atomic E-state index is 10.7. The molecule has 1 aromatic rings. The molecule has 0 bridgehead atoms. The Morgan fingerprint density at radius 3 is 2.31 bits per heavy atom. The van der Waals surface area contributed by atoms with Gasteiger partial charge in [-0.05, 0) is 18.2 Å². The summed E-state index contributed by atoms with van der Waals surface area (Å²) in [6.45, 7) is 0. The largest absolute Gasteiger partial charge is 0.366 e. The average molecular weight is 171 g/mol. The van der Waals surface area contributed by atoms with Gasteiger partial charge in [0.15, 0.2) is 0 Å². The summed E-state index contributed by atoms with van der Waals surface area (Å²) in [4.78, 5) is 10.7. The van der Waals surface area contributed by atoms with Crippen molar-refractivity contribution in [1.29, 1.82) is 10.5 Å². The molecule has 0 radical (unpaired) electrons. The summed E-state index contributed by atoms with van der Waals surface area (Å²) < 4.78 is 0. The normalized spacial score (nSPS) is 8.46. The van der Waals surface area contributed by atoms with E-state index >= 15 is 0 Å². The van der Waals surface area contributed by atoms with Gasteiger partial charge in [0.25, 0.3) is 0 Å². The zero-order chi connectivity index (χ0) is 9.84. The van der Waals surface area contributed by atoms with Crippen LogP contribution in [0.2, 0.25) is 0 Å². The van der Waals surface area contributed by atoms with E-state index in [0.29, 0.717) is 0 Å². The lowest BCUT2D eigenvalue weighted by Gasteiger charge is -1.96. The van der Waals surface area contributed by atoms with E-state index in [9.17, 15) is 4.79 Å². The highest BCUT2D eigenvalue weighted by Crippen LogP contribution is 2.09. The highest BCUT2D eigenvalue weighted by atomic mass is 16.1. The number of rotatable bonds is 1. The fourth-order valence-corrected chi connectivity index (χ4v) is 0.888. The van der Waals surface area contributed by atoms with Crippen LogP contribution in [0, 0.1) is 22.7 Å². The predicted molar refractivity (Wildman–Crippen MR) is 44.4 cm³/mol. The molecule has 0 unspecified atom stereocenters. The SMILES string of the molecule is N#Cc1ccc(C(N)=O)cc1C#N. The molecule has 0 fully saturated rings. The molecule has 2 N–H and O–H groups in total. The van der Waals surface area contributed by atoms with E-state index in [-0.39, 0.29) is 16.7 Å². The third-order valence-corrected chi connectivity index (χ3v) is 1.54. The maximum Gasteiger partial charge on any atom is 0.248 e. The summed E-state index contributed by atoms with van der Waals surface area (Å²) >= 11 is 0. The summed E-state index contributed by atoms with van der Waals surface area (Å²) in [5, 5.41) is 17.2. The second kappa shape index (κ2) is 3.38. The molecular formula is C9H5N3O. The molecule has 0 heterocycles. The van der Waals surface area contributed by atoms with Gasteiger partial charge >= 0.3 is 0 Å². The van der Waals surface area contributed by atoms with E-state index in [2.05, 4.69) is 0 Å². The van der Waals surface area contributed by atoms with E-state index < -0.39 is 5.91 Å². The third-order valence-electron chi connectivity index (χ3n) is 1.54. The third kappa shape index (κ3) is 1.63. The van der Waals surface area contributed by atoms with Gasteiger partial charge in [-0.3, -0.25) is 4.79 Å². The molecular weight excluding hydrogens is 166 g/mol. The van der Waals surface area contributed by atoms with Crippen molar-refractivity contribution in [2.45, 2.75) is 0 Å². The number of carbonyl (C=O) groups is 1. The van der Waals surface area contributed by atoms with E-state index in [1.807, 2.05) is 12.1 Å². The van der Waals surface area contributed by atoms with Gasteiger partial charge in [-0.25, -0.2) is 0 Å². The summed E-state index contributed by atoms with van der Waals surface area (Å²) in [5.41, 5.74) is 5.64. The van der Waals surface area contributed by atoms with Gasteiger partial charge in [0, 0.05) is 5.56 Å². The lowest BCUT2D eigenvalue weighted by molar-refractivity contribution is 0.100. The molecule has 0 aliphatic rings. The minimum absolute atomic E-state index is 0.166. The molecule has 4 nitrogen and oxygen atoms in total. The molecule has 0 atom stereocenters. The number of hydrogen-bond donors (Lipinski definition) is 1. The number of primary amides is 1. The Kier molecular flexibility index (Phi) is 2.28. The van der Waals surface area contributed by atoms with Crippen molar-refractivity contribution in [3.05, 3.63) is 34.9 Å². The maximum atomic E-state index is 10.7. The standard InChI is InChI=1S/C9H5N3O/c10-4-7-2-1-6(9(12)13)3-8(7)5-11/h1-3H,(H2,12,13). The van der Waals surface area contributed by atoms with Crippen LogP contribution in [-0.2, 0) is 0 Å². The molecule has 0 aliphatic carbocycles. The molecule has 1 amide bonds. The van der Waals surface area contributed by atoms with E-state index in [1.165, 1.54) is 18.2 Å². The first-order valence-corrected chi connectivity index (χ1v) is 3.43. The molecule has 0 saturated heterocycles. The Bertz CT molecular complexity index is 437. The fourth-order valence-electron chi connectivity index (χ4n) is 0.888. The van der Waals surface area contributed by atoms with Crippen LogP contribution in [0.4, 0.5) is 0 Å². The smallest absolute Gasteiger partial charge is 0.248 e. The lowest BCUT2D eigenvalue weighted by Crippen LogP contribution is -2.11. The Morgan fingerprint density at radius 2 is 1.85 bits per heavy atom. The molecule has 0 aliphatic heterocycles. The van der Waals surface area contributed by atoms with Crippen molar-refractivity contribution in [3.63, 3.8) is 0 Å². The fraction of sp³-hybridized carbons (Fsp3) is 0. The number of hydrogen-bond acceptors (Lipinski definition) is 3. The minimum Gasteiger partial charge on any atom is -0.366 e. The predicted octanol–water partition coefficient (Wildman–Crippen LogP) is 0.529.